The van der Waals surface area contributed by atoms with Gasteiger partial charge in [0.15, 0.2) is 0 Å². The summed E-state index contributed by atoms with van der Waals surface area (Å²) in [4.78, 5) is 2.69. The second-order valence-corrected chi connectivity index (χ2v) is 4.48. The molecule has 0 spiro atoms. The van der Waals surface area contributed by atoms with Crippen molar-refractivity contribution < 1.29 is 4.74 Å². The molecule has 1 aromatic rings. The van der Waals surface area contributed by atoms with Crippen LogP contribution in [0, 0.1) is 6.92 Å². The molecular weight excluding hydrogens is 206 g/mol. The SMILES string of the molecule is Cc1ccc(COC2CNC2)s1.Cl. The van der Waals surface area contributed by atoms with E-state index in [1.54, 1.807) is 0 Å². The first-order chi connectivity index (χ1) is 5.84. The third-order valence-electron chi connectivity index (χ3n) is 2.00. The number of thiophene rings is 1. The molecule has 1 aliphatic heterocycles. The fourth-order valence-electron chi connectivity index (χ4n) is 1.14. The van der Waals surface area contributed by atoms with E-state index in [9.17, 15) is 0 Å². The first-order valence-electron chi connectivity index (χ1n) is 4.22. The molecule has 0 aliphatic carbocycles. The van der Waals surface area contributed by atoms with Crippen molar-refractivity contribution >= 4 is 23.7 Å². The van der Waals surface area contributed by atoms with E-state index < -0.39 is 0 Å². The van der Waals surface area contributed by atoms with Crippen LogP contribution in [0.4, 0.5) is 0 Å². The van der Waals surface area contributed by atoms with Gasteiger partial charge in [0.2, 0.25) is 0 Å². The normalized spacial score (nSPS) is 16.4. The van der Waals surface area contributed by atoms with Crippen molar-refractivity contribution in [3.63, 3.8) is 0 Å². The Balaban J connectivity index is 0.000000845. The van der Waals surface area contributed by atoms with E-state index in [1.807, 2.05) is 11.3 Å². The van der Waals surface area contributed by atoms with Crippen LogP contribution in [0.3, 0.4) is 0 Å². The van der Waals surface area contributed by atoms with E-state index in [4.69, 9.17) is 4.74 Å². The molecule has 4 heteroatoms. The van der Waals surface area contributed by atoms with Crippen LogP contribution in [0.2, 0.25) is 0 Å². The van der Waals surface area contributed by atoms with Crippen LogP contribution in [-0.4, -0.2) is 19.2 Å². The van der Waals surface area contributed by atoms with Gasteiger partial charge in [0.05, 0.1) is 12.7 Å². The lowest BCUT2D eigenvalue weighted by Gasteiger charge is -2.26. The minimum atomic E-state index is 0. The zero-order valence-electron chi connectivity index (χ0n) is 7.58. The van der Waals surface area contributed by atoms with Crippen molar-refractivity contribution in [2.24, 2.45) is 0 Å². The van der Waals surface area contributed by atoms with Crippen molar-refractivity contribution in [2.45, 2.75) is 19.6 Å². The smallest absolute Gasteiger partial charge is 0.0828 e. The van der Waals surface area contributed by atoms with Gasteiger partial charge in [0.25, 0.3) is 0 Å². The molecule has 0 radical (unpaired) electrons. The minimum Gasteiger partial charge on any atom is -0.370 e. The molecule has 1 saturated heterocycles. The van der Waals surface area contributed by atoms with Crippen LogP contribution in [0.5, 0.6) is 0 Å². The highest BCUT2D eigenvalue weighted by Gasteiger charge is 2.16. The highest BCUT2D eigenvalue weighted by molar-refractivity contribution is 7.11. The lowest BCUT2D eigenvalue weighted by atomic mass is 10.2. The fraction of sp³-hybridized carbons (Fsp3) is 0.556. The van der Waals surface area contributed by atoms with Crippen LogP contribution in [0.25, 0.3) is 0 Å². The van der Waals surface area contributed by atoms with Gasteiger partial charge in [0, 0.05) is 22.8 Å². The average Bonchev–Trinajstić information content (AvgIpc) is 2.32. The molecule has 13 heavy (non-hydrogen) atoms. The Hall–Kier alpha value is -0.0900. The maximum Gasteiger partial charge on any atom is 0.0828 e. The summed E-state index contributed by atoms with van der Waals surface area (Å²) in [6.07, 6.45) is 0.451. The summed E-state index contributed by atoms with van der Waals surface area (Å²) >= 11 is 1.82. The van der Waals surface area contributed by atoms with Crippen molar-refractivity contribution in [2.75, 3.05) is 13.1 Å². The Bertz CT molecular complexity index is 260. The van der Waals surface area contributed by atoms with E-state index in [2.05, 4.69) is 24.4 Å². The molecule has 74 valence electrons. The predicted molar refractivity (Wildman–Crippen MR) is 57.8 cm³/mol. The third kappa shape index (κ3) is 2.95. The Morgan fingerprint density at radius 3 is 2.77 bits per heavy atom. The lowest BCUT2D eigenvalue weighted by Crippen LogP contribution is -2.48. The molecule has 2 rings (SSSR count). The summed E-state index contributed by atoms with van der Waals surface area (Å²) in [5.41, 5.74) is 0. The van der Waals surface area contributed by atoms with Crippen LogP contribution in [0.15, 0.2) is 12.1 Å². The molecule has 0 unspecified atom stereocenters. The van der Waals surface area contributed by atoms with Crippen molar-refractivity contribution in [3.05, 3.63) is 21.9 Å². The maximum atomic E-state index is 5.63. The molecule has 0 aromatic carbocycles. The molecule has 2 nitrogen and oxygen atoms in total. The number of nitrogens with one attached hydrogen (secondary N) is 1. The summed E-state index contributed by atoms with van der Waals surface area (Å²) in [5.74, 6) is 0. The van der Waals surface area contributed by atoms with E-state index in [0.717, 1.165) is 19.7 Å². The van der Waals surface area contributed by atoms with Gasteiger partial charge >= 0.3 is 0 Å². The quantitative estimate of drug-likeness (QED) is 0.840. The average molecular weight is 220 g/mol. The second-order valence-electron chi connectivity index (χ2n) is 3.10. The number of hydrogen-bond acceptors (Lipinski definition) is 3. The largest absolute Gasteiger partial charge is 0.370 e. The second kappa shape index (κ2) is 4.96. The molecule has 1 fully saturated rings. The van der Waals surface area contributed by atoms with Gasteiger partial charge in [-0.3, -0.25) is 0 Å². The van der Waals surface area contributed by atoms with Gasteiger partial charge in [-0.15, -0.1) is 23.7 Å². The zero-order chi connectivity index (χ0) is 8.39. The maximum absolute atomic E-state index is 5.63. The predicted octanol–water partition coefficient (Wildman–Crippen LogP) is 1.97. The number of ether oxygens (including phenoxy) is 1. The molecule has 2 heterocycles. The first-order valence-corrected chi connectivity index (χ1v) is 5.04. The summed E-state index contributed by atoms with van der Waals surface area (Å²) < 4.78 is 5.63. The summed E-state index contributed by atoms with van der Waals surface area (Å²) in [7, 11) is 0. The number of rotatable bonds is 3. The van der Waals surface area contributed by atoms with Crippen LogP contribution in [-0.2, 0) is 11.3 Å². The number of aryl methyl sites for hydroxylation is 1. The highest BCUT2D eigenvalue weighted by Crippen LogP contribution is 2.16. The van der Waals surface area contributed by atoms with Gasteiger partial charge < -0.3 is 10.1 Å². The number of hydrogen-bond donors (Lipinski definition) is 1. The van der Waals surface area contributed by atoms with E-state index in [1.165, 1.54) is 9.75 Å². The Morgan fingerprint density at radius 1 is 1.54 bits per heavy atom. The van der Waals surface area contributed by atoms with Gasteiger partial charge in [-0.2, -0.15) is 0 Å². The van der Waals surface area contributed by atoms with E-state index in [0.29, 0.717) is 6.10 Å². The fourth-order valence-corrected chi connectivity index (χ4v) is 1.96. The molecule has 0 atom stereocenters. The van der Waals surface area contributed by atoms with Gasteiger partial charge in [-0.25, -0.2) is 0 Å². The van der Waals surface area contributed by atoms with E-state index in [-0.39, 0.29) is 12.4 Å². The lowest BCUT2D eigenvalue weighted by molar-refractivity contribution is 0.00888. The van der Waals surface area contributed by atoms with Crippen LogP contribution < -0.4 is 5.32 Å². The third-order valence-corrected chi connectivity index (χ3v) is 2.98. The minimum absolute atomic E-state index is 0. The zero-order valence-corrected chi connectivity index (χ0v) is 9.21. The van der Waals surface area contributed by atoms with Crippen molar-refractivity contribution in [1.82, 2.24) is 5.32 Å². The molecule has 0 amide bonds. The topological polar surface area (TPSA) is 21.3 Å². The Kier molecular flexibility index (Phi) is 4.19. The van der Waals surface area contributed by atoms with Gasteiger partial charge in [0.1, 0.15) is 0 Å². The molecule has 1 aromatic heterocycles. The Morgan fingerprint density at radius 2 is 2.31 bits per heavy atom. The van der Waals surface area contributed by atoms with Gasteiger partial charge in [-0.05, 0) is 19.1 Å². The van der Waals surface area contributed by atoms with Crippen molar-refractivity contribution in [3.8, 4) is 0 Å². The van der Waals surface area contributed by atoms with Crippen LogP contribution >= 0.6 is 23.7 Å². The molecule has 1 aliphatic rings. The summed E-state index contributed by atoms with van der Waals surface area (Å²) in [5, 5.41) is 3.18. The molecule has 0 bridgehead atoms. The first kappa shape index (κ1) is 11.0. The number of halogens is 1. The summed E-state index contributed by atoms with van der Waals surface area (Å²) in [6.45, 7) is 4.94. The summed E-state index contributed by atoms with van der Waals surface area (Å²) in [6, 6.07) is 4.29. The molecular formula is C9H14ClNOS. The standard InChI is InChI=1S/C9H13NOS.ClH/c1-7-2-3-9(12-7)6-11-8-4-10-5-8;/h2-3,8,10H,4-6H2,1H3;1H. The highest BCUT2D eigenvalue weighted by atomic mass is 35.5. The van der Waals surface area contributed by atoms with E-state index >= 15 is 0 Å². The van der Waals surface area contributed by atoms with Crippen molar-refractivity contribution in [1.29, 1.82) is 0 Å². The molecule has 1 N–H and O–H groups in total. The van der Waals surface area contributed by atoms with Gasteiger partial charge in [-0.1, -0.05) is 0 Å². The monoisotopic (exact) mass is 219 g/mol. The molecule has 0 saturated carbocycles. The van der Waals surface area contributed by atoms with Crippen LogP contribution in [0.1, 0.15) is 9.75 Å². The Labute approximate surface area is 88.7 Å².